The predicted octanol–water partition coefficient (Wildman–Crippen LogP) is 3.05. The molecule has 0 spiro atoms. The molecule has 8 nitrogen and oxygen atoms in total. The van der Waals surface area contributed by atoms with Crippen LogP contribution in [0.2, 0.25) is 0 Å². The van der Waals surface area contributed by atoms with E-state index >= 15 is 0 Å². The molecule has 0 radical (unpaired) electrons. The molecular weight excluding hydrogens is 424 g/mol. The molecule has 1 aromatic carbocycles. The first-order valence-corrected chi connectivity index (χ1v) is 11.2. The van der Waals surface area contributed by atoms with Crippen molar-refractivity contribution in [3.8, 4) is 11.5 Å². The molecule has 0 aliphatic carbocycles. The average Bonchev–Trinajstić information content (AvgIpc) is 3.52. The van der Waals surface area contributed by atoms with Crippen LogP contribution < -0.4 is 14.8 Å². The Morgan fingerprint density at radius 2 is 2.13 bits per heavy atom. The van der Waals surface area contributed by atoms with Crippen molar-refractivity contribution in [1.82, 2.24) is 15.1 Å². The van der Waals surface area contributed by atoms with Gasteiger partial charge < -0.3 is 14.4 Å². The molecule has 0 bridgehead atoms. The van der Waals surface area contributed by atoms with E-state index in [4.69, 9.17) is 9.47 Å². The lowest BCUT2D eigenvalue weighted by atomic mass is 10.1. The van der Waals surface area contributed by atoms with E-state index in [1.807, 2.05) is 35.7 Å². The summed E-state index contributed by atoms with van der Waals surface area (Å²) < 4.78 is 10.7. The van der Waals surface area contributed by atoms with Crippen molar-refractivity contribution in [3.63, 3.8) is 0 Å². The van der Waals surface area contributed by atoms with E-state index < -0.39 is 6.04 Å². The van der Waals surface area contributed by atoms with Gasteiger partial charge in [-0.2, -0.15) is 0 Å². The van der Waals surface area contributed by atoms with Crippen molar-refractivity contribution in [3.05, 3.63) is 51.2 Å². The quantitative estimate of drug-likeness (QED) is 0.631. The number of rotatable bonds is 6. The Morgan fingerprint density at radius 3 is 3.00 bits per heavy atom. The predicted molar refractivity (Wildman–Crippen MR) is 112 cm³/mol. The van der Waals surface area contributed by atoms with Crippen LogP contribution in [0.3, 0.4) is 0 Å². The van der Waals surface area contributed by atoms with Gasteiger partial charge in [0, 0.05) is 24.3 Å². The molecule has 1 atom stereocenters. The number of nitrogens with zero attached hydrogens (tertiary/aromatic N) is 3. The van der Waals surface area contributed by atoms with Crippen molar-refractivity contribution in [1.29, 1.82) is 0 Å². The first kappa shape index (κ1) is 19.0. The van der Waals surface area contributed by atoms with E-state index in [0.717, 1.165) is 10.6 Å². The van der Waals surface area contributed by atoms with Crippen LogP contribution in [0.1, 0.15) is 28.3 Å². The molecule has 1 N–H and O–H groups in total. The number of carbonyl (C=O) groups is 2. The van der Waals surface area contributed by atoms with E-state index in [1.165, 1.54) is 16.2 Å². The lowest BCUT2D eigenvalue weighted by Gasteiger charge is -2.23. The number of amides is 2. The molecule has 2 aromatic heterocycles. The lowest BCUT2D eigenvalue weighted by Crippen LogP contribution is -2.41. The van der Waals surface area contributed by atoms with Gasteiger partial charge in [0.1, 0.15) is 11.0 Å². The number of hydrogen-bond acceptors (Lipinski definition) is 8. The molecular formula is C20H18N4O4S2. The molecule has 10 heteroatoms. The maximum Gasteiger partial charge on any atom is 0.249 e. The normalized spacial score (nSPS) is 17.5. The van der Waals surface area contributed by atoms with Crippen LogP contribution in [0.25, 0.3) is 0 Å². The van der Waals surface area contributed by atoms with Gasteiger partial charge in [0.2, 0.25) is 23.7 Å². The number of carbonyl (C=O) groups excluding carboxylic acids is 2. The van der Waals surface area contributed by atoms with Crippen LogP contribution in [0.5, 0.6) is 11.5 Å². The second kappa shape index (κ2) is 8.04. The van der Waals surface area contributed by atoms with Gasteiger partial charge in [0.25, 0.3) is 0 Å². The van der Waals surface area contributed by atoms with Crippen molar-refractivity contribution >= 4 is 39.6 Å². The average molecular weight is 443 g/mol. The first-order valence-electron chi connectivity index (χ1n) is 9.49. The second-order valence-corrected chi connectivity index (χ2v) is 9.10. The Labute approximate surface area is 180 Å². The van der Waals surface area contributed by atoms with E-state index in [0.29, 0.717) is 42.4 Å². The summed E-state index contributed by atoms with van der Waals surface area (Å²) in [5.41, 5.74) is 0.890. The van der Waals surface area contributed by atoms with Crippen molar-refractivity contribution in [2.75, 3.05) is 12.1 Å². The van der Waals surface area contributed by atoms with Gasteiger partial charge in [-0.15, -0.1) is 21.5 Å². The largest absolute Gasteiger partial charge is 0.454 e. The molecule has 1 fully saturated rings. The highest BCUT2D eigenvalue weighted by Crippen LogP contribution is 2.34. The van der Waals surface area contributed by atoms with Crippen LogP contribution in [-0.2, 0) is 22.6 Å². The maximum atomic E-state index is 12.9. The summed E-state index contributed by atoms with van der Waals surface area (Å²) in [5, 5.41) is 14.4. The molecule has 0 saturated carbocycles. The molecule has 2 aliphatic rings. The summed E-state index contributed by atoms with van der Waals surface area (Å²) in [6.07, 6.45) is 1.53. The number of fused-ring (bicyclic) bond motifs is 1. The van der Waals surface area contributed by atoms with Crippen LogP contribution in [0.4, 0.5) is 5.13 Å². The topological polar surface area (TPSA) is 93.7 Å². The molecule has 1 unspecified atom stereocenters. The van der Waals surface area contributed by atoms with Gasteiger partial charge in [-0.05, 0) is 35.6 Å². The third kappa shape index (κ3) is 3.88. The number of likely N-dealkylation sites (tertiary alicyclic amines) is 1. The maximum absolute atomic E-state index is 12.9. The SMILES string of the molecule is O=C(Nc1nnc(Cc2cccs2)s1)C1CCC(=O)N1Cc1ccc2c(c1)OCO2. The first-order chi connectivity index (χ1) is 14.7. The third-order valence-corrected chi connectivity index (χ3v) is 6.74. The number of ether oxygens (including phenoxy) is 2. The zero-order chi connectivity index (χ0) is 20.5. The fourth-order valence-electron chi connectivity index (χ4n) is 3.57. The summed E-state index contributed by atoms with van der Waals surface area (Å²) in [6, 6.07) is 9.06. The van der Waals surface area contributed by atoms with Gasteiger partial charge in [-0.25, -0.2) is 0 Å². The van der Waals surface area contributed by atoms with E-state index in [1.54, 1.807) is 16.2 Å². The number of hydrogen-bond donors (Lipinski definition) is 1. The zero-order valence-electron chi connectivity index (χ0n) is 15.9. The summed E-state index contributed by atoms with van der Waals surface area (Å²) in [4.78, 5) is 28.1. The molecule has 5 rings (SSSR count). The van der Waals surface area contributed by atoms with Gasteiger partial charge in [-0.1, -0.05) is 23.5 Å². The fraction of sp³-hybridized carbons (Fsp3) is 0.300. The van der Waals surface area contributed by atoms with Gasteiger partial charge in [0.15, 0.2) is 11.5 Å². The third-order valence-electron chi connectivity index (χ3n) is 5.02. The van der Waals surface area contributed by atoms with Crippen LogP contribution >= 0.6 is 22.7 Å². The minimum atomic E-state index is -0.535. The lowest BCUT2D eigenvalue weighted by molar-refractivity contribution is -0.133. The summed E-state index contributed by atoms with van der Waals surface area (Å²) in [6.45, 7) is 0.538. The van der Waals surface area contributed by atoms with Crippen LogP contribution in [-0.4, -0.2) is 39.7 Å². The number of aromatic nitrogens is 2. The molecule has 3 aromatic rings. The second-order valence-electron chi connectivity index (χ2n) is 7.01. The monoisotopic (exact) mass is 442 g/mol. The number of thiophene rings is 1. The smallest absolute Gasteiger partial charge is 0.249 e. The van der Waals surface area contributed by atoms with Gasteiger partial charge in [-0.3, -0.25) is 14.9 Å². The van der Waals surface area contributed by atoms with Crippen molar-refractivity contribution in [2.24, 2.45) is 0 Å². The highest BCUT2D eigenvalue weighted by molar-refractivity contribution is 7.15. The molecule has 1 saturated heterocycles. The zero-order valence-corrected chi connectivity index (χ0v) is 17.5. The molecule has 2 amide bonds. The molecule has 154 valence electrons. The minimum Gasteiger partial charge on any atom is -0.454 e. The van der Waals surface area contributed by atoms with Gasteiger partial charge in [0.05, 0.1) is 0 Å². The highest BCUT2D eigenvalue weighted by Gasteiger charge is 2.36. The fourth-order valence-corrected chi connectivity index (χ4v) is 5.13. The van der Waals surface area contributed by atoms with Crippen molar-refractivity contribution in [2.45, 2.75) is 31.8 Å². The summed E-state index contributed by atoms with van der Waals surface area (Å²) in [5.74, 6) is 1.08. The van der Waals surface area contributed by atoms with Crippen LogP contribution in [0.15, 0.2) is 35.7 Å². The van der Waals surface area contributed by atoms with Crippen LogP contribution in [0, 0.1) is 0 Å². The molecule has 30 heavy (non-hydrogen) atoms. The molecule has 4 heterocycles. The standard InChI is InChI=1S/C20H18N4O4S2/c25-18-6-4-14(24(18)10-12-3-5-15-16(8-12)28-11-27-15)19(26)21-20-23-22-17(30-20)9-13-2-1-7-29-13/h1-3,5,7-8,14H,4,6,9-11H2,(H,21,23,26). The Morgan fingerprint density at radius 1 is 1.23 bits per heavy atom. The van der Waals surface area contributed by atoms with E-state index in [-0.39, 0.29) is 18.6 Å². The Balaban J connectivity index is 1.25. The summed E-state index contributed by atoms with van der Waals surface area (Å²) in [7, 11) is 0. The Hall–Kier alpha value is -2.98. The number of anilines is 1. The number of nitrogens with one attached hydrogen (secondary N) is 1. The van der Waals surface area contributed by atoms with E-state index in [9.17, 15) is 9.59 Å². The van der Waals surface area contributed by atoms with Gasteiger partial charge >= 0.3 is 0 Å². The minimum absolute atomic E-state index is 0.0385. The Bertz CT molecular complexity index is 1080. The highest BCUT2D eigenvalue weighted by atomic mass is 32.1. The van der Waals surface area contributed by atoms with E-state index in [2.05, 4.69) is 15.5 Å². The Kier molecular flexibility index (Phi) is 5.09. The molecule has 2 aliphatic heterocycles. The summed E-state index contributed by atoms with van der Waals surface area (Å²) >= 11 is 3.02. The van der Waals surface area contributed by atoms with Crippen molar-refractivity contribution < 1.29 is 19.1 Å². The number of benzene rings is 1.